The summed E-state index contributed by atoms with van der Waals surface area (Å²) in [6, 6.07) is 2.72. The number of carbonyl (C=O) groups excluding carboxylic acids is 1. The van der Waals surface area contributed by atoms with Crippen LogP contribution >= 0.6 is 11.3 Å². The maximum atomic E-state index is 12.3. The minimum atomic E-state index is -0.881. The lowest BCUT2D eigenvalue weighted by atomic mass is 9.83. The van der Waals surface area contributed by atoms with E-state index < -0.39 is 16.3 Å². The number of rotatable bonds is 5. The second kappa shape index (κ2) is 5.80. The Balaban J connectivity index is 2.14. The van der Waals surface area contributed by atoms with Crippen molar-refractivity contribution in [2.75, 3.05) is 13.1 Å². The van der Waals surface area contributed by atoms with Crippen LogP contribution in [0.15, 0.2) is 12.1 Å². The Labute approximate surface area is 125 Å². The van der Waals surface area contributed by atoms with Crippen molar-refractivity contribution >= 4 is 28.2 Å². The summed E-state index contributed by atoms with van der Waals surface area (Å²) >= 11 is 0.820. The summed E-state index contributed by atoms with van der Waals surface area (Å²) in [5.41, 5.74) is -0.881. The van der Waals surface area contributed by atoms with Crippen LogP contribution in [-0.2, 0) is 4.79 Å². The molecule has 1 atom stereocenters. The molecule has 2 rings (SSSR count). The molecule has 1 aliphatic rings. The van der Waals surface area contributed by atoms with E-state index in [1.54, 1.807) is 0 Å². The van der Waals surface area contributed by atoms with Gasteiger partial charge in [-0.15, -0.1) is 0 Å². The van der Waals surface area contributed by atoms with Crippen molar-refractivity contribution < 1.29 is 19.6 Å². The topological polar surface area (TPSA) is 101 Å². The molecule has 1 fully saturated rings. The molecule has 2 heterocycles. The van der Waals surface area contributed by atoms with Crippen molar-refractivity contribution in [3.05, 3.63) is 27.1 Å². The maximum absolute atomic E-state index is 12.3. The van der Waals surface area contributed by atoms with Gasteiger partial charge in [-0.1, -0.05) is 24.7 Å². The Morgan fingerprint density at radius 3 is 2.76 bits per heavy atom. The van der Waals surface area contributed by atoms with E-state index in [1.165, 1.54) is 17.0 Å². The molecule has 1 aromatic heterocycles. The van der Waals surface area contributed by atoms with E-state index >= 15 is 0 Å². The number of hydrogen-bond donors (Lipinski definition) is 1. The van der Waals surface area contributed by atoms with Crippen molar-refractivity contribution in [2.24, 2.45) is 5.41 Å². The molecule has 21 heavy (non-hydrogen) atoms. The Hall–Kier alpha value is -1.96. The highest BCUT2D eigenvalue weighted by atomic mass is 32.1. The van der Waals surface area contributed by atoms with E-state index in [9.17, 15) is 24.8 Å². The van der Waals surface area contributed by atoms with Gasteiger partial charge in [-0.2, -0.15) is 0 Å². The molecule has 1 aromatic rings. The van der Waals surface area contributed by atoms with Crippen LogP contribution in [0.25, 0.3) is 0 Å². The molecule has 0 spiro atoms. The van der Waals surface area contributed by atoms with E-state index in [2.05, 4.69) is 0 Å². The Bertz CT molecular complexity index is 585. The molecule has 1 saturated heterocycles. The first-order valence-electron chi connectivity index (χ1n) is 6.66. The number of aliphatic carboxylic acids is 1. The predicted molar refractivity (Wildman–Crippen MR) is 76.5 cm³/mol. The van der Waals surface area contributed by atoms with Gasteiger partial charge in [0.05, 0.1) is 15.2 Å². The van der Waals surface area contributed by atoms with Crippen LogP contribution < -0.4 is 0 Å². The lowest BCUT2D eigenvalue weighted by Crippen LogP contribution is -2.36. The standard InChI is InChI=1S/C13H16N2O5S/c1-2-5-13(12(17)18)6-7-14(8-13)11(16)9-3-4-10(21-9)15(19)20/h3-4H,2,5-8H2,1H3,(H,17,18). The van der Waals surface area contributed by atoms with Crippen LogP contribution in [0.3, 0.4) is 0 Å². The fourth-order valence-electron chi connectivity index (χ4n) is 2.71. The maximum Gasteiger partial charge on any atom is 0.324 e. The second-order valence-corrected chi connectivity index (χ2v) is 6.27. The molecule has 7 nitrogen and oxygen atoms in total. The third kappa shape index (κ3) is 2.90. The number of nitrogens with zero attached hydrogens (tertiary/aromatic N) is 2. The Morgan fingerprint density at radius 2 is 2.24 bits per heavy atom. The molecule has 0 aromatic carbocycles. The highest BCUT2D eigenvalue weighted by Crippen LogP contribution is 2.37. The highest BCUT2D eigenvalue weighted by Gasteiger charge is 2.45. The summed E-state index contributed by atoms with van der Waals surface area (Å²) < 4.78 is 0. The van der Waals surface area contributed by atoms with Crippen molar-refractivity contribution in [2.45, 2.75) is 26.2 Å². The minimum absolute atomic E-state index is 0.0874. The van der Waals surface area contributed by atoms with Gasteiger partial charge in [-0.3, -0.25) is 19.7 Å². The molecule has 1 N–H and O–H groups in total. The van der Waals surface area contributed by atoms with E-state index in [1.807, 2.05) is 6.92 Å². The third-order valence-electron chi connectivity index (χ3n) is 3.81. The van der Waals surface area contributed by atoms with E-state index in [4.69, 9.17) is 0 Å². The van der Waals surface area contributed by atoms with Gasteiger partial charge in [0, 0.05) is 19.2 Å². The monoisotopic (exact) mass is 312 g/mol. The summed E-state index contributed by atoms with van der Waals surface area (Å²) in [6.07, 6.45) is 1.69. The number of thiophene rings is 1. The molecular formula is C13H16N2O5S. The zero-order chi connectivity index (χ0) is 15.6. The molecule has 8 heteroatoms. The van der Waals surface area contributed by atoms with Crippen molar-refractivity contribution in [1.29, 1.82) is 0 Å². The van der Waals surface area contributed by atoms with Gasteiger partial charge < -0.3 is 10.0 Å². The first kappa shape index (κ1) is 15.4. The molecule has 0 bridgehead atoms. The van der Waals surface area contributed by atoms with E-state index in [-0.39, 0.29) is 22.3 Å². The fourth-order valence-corrected chi connectivity index (χ4v) is 3.49. The van der Waals surface area contributed by atoms with Gasteiger partial charge in [-0.05, 0) is 18.9 Å². The largest absolute Gasteiger partial charge is 0.481 e. The van der Waals surface area contributed by atoms with Crippen LogP contribution in [0, 0.1) is 15.5 Å². The van der Waals surface area contributed by atoms with Gasteiger partial charge in [0.25, 0.3) is 5.91 Å². The van der Waals surface area contributed by atoms with Gasteiger partial charge in [0.15, 0.2) is 0 Å². The number of carboxylic acid groups (broad SMARTS) is 1. The van der Waals surface area contributed by atoms with Crippen molar-refractivity contribution in [3.63, 3.8) is 0 Å². The van der Waals surface area contributed by atoms with Gasteiger partial charge in [-0.25, -0.2) is 0 Å². The molecular weight excluding hydrogens is 296 g/mol. The average Bonchev–Trinajstić information content (AvgIpc) is 3.06. The summed E-state index contributed by atoms with van der Waals surface area (Å²) in [4.78, 5) is 35.7. The number of carbonyl (C=O) groups is 2. The SMILES string of the molecule is CCCC1(C(=O)O)CCN(C(=O)c2ccc([N+](=O)[O-])s2)C1. The minimum Gasteiger partial charge on any atom is -0.481 e. The van der Waals surface area contributed by atoms with Gasteiger partial charge in [0.2, 0.25) is 0 Å². The normalized spacial score (nSPS) is 21.5. The number of likely N-dealkylation sites (tertiary alicyclic amines) is 1. The molecule has 0 aliphatic carbocycles. The lowest BCUT2D eigenvalue weighted by Gasteiger charge is -2.23. The van der Waals surface area contributed by atoms with Crippen LogP contribution in [0.1, 0.15) is 35.9 Å². The lowest BCUT2D eigenvalue weighted by molar-refractivity contribution is -0.380. The smallest absolute Gasteiger partial charge is 0.324 e. The van der Waals surface area contributed by atoms with Crippen LogP contribution in [-0.4, -0.2) is 39.9 Å². The van der Waals surface area contributed by atoms with E-state index in [0.29, 0.717) is 19.4 Å². The summed E-state index contributed by atoms with van der Waals surface area (Å²) in [5.74, 6) is -1.20. The van der Waals surface area contributed by atoms with Crippen molar-refractivity contribution in [3.8, 4) is 0 Å². The van der Waals surface area contributed by atoms with Crippen molar-refractivity contribution in [1.82, 2.24) is 4.90 Å². The number of nitro groups is 1. The molecule has 1 unspecified atom stereocenters. The Kier molecular flexibility index (Phi) is 4.26. The zero-order valence-corrected chi connectivity index (χ0v) is 12.4. The Morgan fingerprint density at radius 1 is 1.52 bits per heavy atom. The van der Waals surface area contributed by atoms with Crippen LogP contribution in [0.5, 0.6) is 0 Å². The van der Waals surface area contributed by atoms with Gasteiger partial charge >= 0.3 is 11.0 Å². The van der Waals surface area contributed by atoms with Crippen LogP contribution in [0.4, 0.5) is 5.00 Å². The summed E-state index contributed by atoms with van der Waals surface area (Å²) in [5, 5.41) is 20.0. The molecule has 114 valence electrons. The number of amides is 1. The van der Waals surface area contributed by atoms with Crippen LogP contribution in [0.2, 0.25) is 0 Å². The third-order valence-corrected chi connectivity index (χ3v) is 4.83. The van der Waals surface area contributed by atoms with E-state index in [0.717, 1.165) is 17.8 Å². The number of hydrogen-bond acceptors (Lipinski definition) is 5. The predicted octanol–water partition coefficient (Wildman–Crippen LogP) is 2.37. The summed E-state index contributed by atoms with van der Waals surface area (Å²) in [7, 11) is 0. The fraction of sp³-hybridized carbons (Fsp3) is 0.538. The average molecular weight is 312 g/mol. The molecule has 1 aliphatic heterocycles. The summed E-state index contributed by atoms with van der Waals surface area (Å²) in [6.45, 7) is 2.45. The quantitative estimate of drug-likeness (QED) is 0.664. The highest BCUT2D eigenvalue weighted by molar-refractivity contribution is 7.17. The first-order chi connectivity index (χ1) is 9.89. The molecule has 1 amide bonds. The van der Waals surface area contributed by atoms with Gasteiger partial charge in [0.1, 0.15) is 0 Å². The zero-order valence-electron chi connectivity index (χ0n) is 11.6. The first-order valence-corrected chi connectivity index (χ1v) is 7.48. The number of carboxylic acids is 1. The molecule has 0 radical (unpaired) electrons. The molecule has 0 saturated carbocycles. The second-order valence-electron chi connectivity index (χ2n) is 5.21.